The van der Waals surface area contributed by atoms with E-state index in [0.717, 1.165) is 32.6 Å². The smallest absolute Gasteiger partial charge is 0.222 e. The highest BCUT2D eigenvalue weighted by Gasteiger charge is 2.36. The molecule has 0 aromatic heterocycles. The number of hydrogen-bond donors (Lipinski definition) is 1. The molecule has 112 valence electrons. The SMILES string of the molecule is CC(C)C(=O)N[C@@H]1CCN(CCN(C)C)CC1(C)C. The standard InChI is InChI=1S/C15H31N3O/c1-12(2)14(19)16-13-7-8-18(10-9-17(5)6)11-15(13,3)4/h12-13H,7-11H2,1-6H3,(H,16,19)/t13-/m1/s1. The summed E-state index contributed by atoms with van der Waals surface area (Å²) < 4.78 is 0. The Kier molecular flexibility index (Phi) is 5.81. The molecule has 0 bridgehead atoms. The van der Waals surface area contributed by atoms with Crippen LogP contribution in [0.15, 0.2) is 0 Å². The average molecular weight is 269 g/mol. The Morgan fingerprint density at radius 2 is 2.05 bits per heavy atom. The highest BCUT2D eigenvalue weighted by molar-refractivity contribution is 5.78. The molecule has 0 aromatic carbocycles. The quantitative estimate of drug-likeness (QED) is 0.820. The summed E-state index contributed by atoms with van der Waals surface area (Å²) in [6.07, 6.45) is 1.05. The fourth-order valence-electron chi connectivity index (χ4n) is 2.61. The lowest BCUT2D eigenvalue weighted by atomic mass is 9.79. The van der Waals surface area contributed by atoms with Gasteiger partial charge in [0, 0.05) is 38.1 Å². The lowest BCUT2D eigenvalue weighted by Crippen LogP contribution is -2.56. The number of likely N-dealkylation sites (N-methyl/N-ethyl adjacent to an activating group) is 1. The maximum Gasteiger partial charge on any atom is 0.222 e. The zero-order valence-corrected chi connectivity index (χ0v) is 13.5. The zero-order chi connectivity index (χ0) is 14.6. The van der Waals surface area contributed by atoms with Crippen molar-refractivity contribution in [3.63, 3.8) is 0 Å². The monoisotopic (exact) mass is 269 g/mol. The van der Waals surface area contributed by atoms with E-state index in [0.29, 0.717) is 6.04 Å². The second-order valence-electron chi connectivity index (χ2n) is 7.07. The van der Waals surface area contributed by atoms with Crippen LogP contribution >= 0.6 is 0 Å². The van der Waals surface area contributed by atoms with Crippen LogP contribution in [-0.4, -0.2) is 62.0 Å². The summed E-state index contributed by atoms with van der Waals surface area (Å²) in [7, 11) is 4.22. The third-order valence-corrected chi connectivity index (χ3v) is 4.01. The summed E-state index contributed by atoms with van der Waals surface area (Å²) in [5.41, 5.74) is 0.148. The van der Waals surface area contributed by atoms with Crippen LogP contribution in [-0.2, 0) is 4.79 Å². The van der Waals surface area contributed by atoms with Gasteiger partial charge >= 0.3 is 0 Å². The second-order valence-corrected chi connectivity index (χ2v) is 7.07. The van der Waals surface area contributed by atoms with Crippen LogP contribution in [0.3, 0.4) is 0 Å². The predicted octanol–water partition coefficient (Wildman–Crippen LogP) is 1.42. The number of carbonyl (C=O) groups excluding carboxylic acids is 1. The number of hydrogen-bond acceptors (Lipinski definition) is 3. The van der Waals surface area contributed by atoms with E-state index in [2.05, 4.69) is 43.1 Å². The largest absolute Gasteiger partial charge is 0.353 e. The summed E-state index contributed by atoms with van der Waals surface area (Å²) in [5, 5.41) is 3.22. The minimum atomic E-state index is 0.0718. The molecule has 1 saturated heterocycles. The van der Waals surface area contributed by atoms with Gasteiger partial charge in [0.15, 0.2) is 0 Å². The molecule has 1 heterocycles. The van der Waals surface area contributed by atoms with Crippen molar-refractivity contribution in [3.8, 4) is 0 Å². The van der Waals surface area contributed by atoms with Crippen molar-refractivity contribution in [1.82, 2.24) is 15.1 Å². The van der Waals surface area contributed by atoms with Crippen molar-refractivity contribution in [2.24, 2.45) is 11.3 Å². The molecule has 19 heavy (non-hydrogen) atoms. The Morgan fingerprint density at radius 1 is 1.42 bits per heavy atom. The van der Waals surface area contributed by atoms with Gasteiger partial charge in [-0.05, 0) is 25.9 Å². The van der Waals surface area contributed by atoms with E-state index in [1.165, 1.54) is 0 Å². The van der Waals surface area contributed by atoms with Crippen LogP contribution in [0.5, 0.6) is 0 Å². The van der Waals surface area contributed by atoms with Gasteiger partial charge in [0.1, 0.15) is 0 Å². The molecule has 0 radical (unpaired) electrons. The number of rotatable bonds is 5. The van der Waals surface area contributed by atoms with Crippen LogP contribution < -0.4 is 5.32 Å². The van der Waals surface area contributed by atoms with Gasteiger partial charge in [-0.15, -0.1) is 0 Å². The van der Waals surface area contributed by atoms with E-state index in [1.807, 2.05) is 13.8 Å². The van der Waals surface area contributed by atoms with Crippen LogP contribution in [0.25, 0.3) is 0 Å². The highest BCUT2D eigenvalue weighted by atomic mass is 16.1. The van der Waals surface area contributed by atoms with E-state index < -0.39 is 0 Å². The molecular weight excluding hydrogens is 238 g/mol. The number of carbonyl (C=O) groups is 1. The van der Waals surface area contributed by atoms with Crippen molar-refractivity contribution in [1.29, 1.82) is 0 Å². The van der Waals surface area contributed by atoms with Gasteiger partial charge in [-0.25, -0.2) is 0 Å². The fraction of sp³-hybridized carbons (Fsp3) is 0.933. The summed E-state index contributed by atoms with van der Waals surface area (Å²) in [6.45, 7) is 12.8. The number of piperidine rings is 1. The van der Waals surface area contributed by atoms with Crippen molar-refractivity contribution >= 4 is 5.91 Å². The molecule has 1 aliphatic heterocycles. The van der Waals surface area contributed by atoms with Gasteiger partial charge in [0.05, 0.1) is 0 Å². The van der Waals surface area contributed by atoms with Gasteiger partial charge in [0.2, 0.25) is 5.91 Å². The van der Waals surface area contributed by atoms with Crippen molar-refractivity contribution in [3.05, 3.63) is 0 Å². The lowest BCUT2D eigenvalue weighted by molar-refractivity contribution is -0.126. The Labute approximate surface area is 118 Å². The minimum Gasteiger partial charge on any atom is -0.353 e. The first-order valence-electron chi connectivity index (χ1n) is 7.40. The number of nitrogens with one attached hydrogen (secondary N) is 1. The molecule has 4 nitrogen and oxygen atoms in total. The topological polar surface area (TPSA) is 35.6 Å². The third-order valence-electron chi connectivity index (χ3n) is 4.01. The first-order chi connectivity index (χ1) is 8.72. The lowest BCUT2D eigenvalue weighted by Gasteiger charge is -2.45. The van der Waals surface area contributed by atoms with Crippen molar-refractivity contribution in [2.45, 2.75) is 40.2 Å². The molecule has 1 rings (SSSR count). The van der Waals surface area contributed by atoms with E-state index in [4.69, 9.17) is 0 Å². The Bertz CT molecular complexity index is 300. The molecule has 1 atom stereocenters. The molecule has 4 heteroatoms. The van der Waals surface area contributed by atoms with Gasteiger partial charge in [-0.1, -0.05) is 27.7 Å². The van der Waals surface area contributed by atoms with Crippen LogP contribution in [0.1, 0.15) is 34.1 Å². The maximum atomic E-state index is 11.9. The summed E-state index contributed by atoms with van der Waals surface area (Å²) in [5.74, 6) is 0.252. The fourth-order valence-corrected chi connectivity index (χ4v) is 2.61. The van der Waals surface area contributed by atoms with Gasteiger partial charge < -0.3 is 15.1 Å². The molecule has 0 saturated carbocycles. The first-order valence-corrected chi connectivity index (χ1v) is 7.40. The first kappa shape index (κ1) is 16.4. The summed E-state index contributed by atoms with van der Waals surface area (Å²) >= 11 is 0. The maximum absolute atomic E-state index is 11.9. The van der Waals surface area contributed by atoms with E-state index in [-0.39, 0.29) is 17.2 Å². The molecule has 1 aliphatic rings. The van der Waals surface area contributed by atoms with Crippen LogP contribution in [0.4, 0.5) is 0 Å². The minimum absolute atomic E-state index is 0.0718. The van der Waals surface area contributed by atoms with E-state index >= 15 is 0 Å². The summed E-state index contributed by atoms with van der Waals surface area (Å²) in [4.78, 5) is 16.6. The number of nitrogens with zero attached hydrogens (tertiary/aromatic N) is 2. The number of amides is 1. The normalized spacial score (nSPS) is 23.9. The predicted molar refractivity (Wildman–Crippen MR) is 80.2 cm³/mol. The Morgan fingerprint density at radius 3 is 2.53 bits per heavy atom. The highest BCUT2D eigenvalue weighted by Crippen LogP contribution is 2.29. The van der Waals surface area contributed by atoms with Gasteiger partial charge in [0.25, 0.3) is 0 Å². The van der Waals surface area contributed by atoms with Crippen LogP contribution in [0, 0.1) is 11.3 Å². The van der Waals surface area contributed by atoms with Crippen LogP contribution in [0.2, 0.25) is 0 Å². The zero-order valence-electron chi connectivity index (χ0n) is 13.5. The molecular formula is C15H31N3O. The second kappa shape index (κ2) is 6.71. The molecule has 0 aromatic rings. The molecule has 1 amide bonds. The number of likely N-dealkylation sites (tertiary alicyclic amines) is 1. The third kappa shape index (κ3) is 5.11. The van der Waals surface area contributed by atoms with Crippen molar-refractivity contribution < 1.29 is 4.79 Å². The Balaban J connectivity index is 2.50. The van der Waals surface area contributed by atoms with E-state index in [1.54, 1.807) is 0 Å². The molecule has 0 aliphatic carbocycles. The Hall–Kier alpha value is -0.610. The molecule has 0 spiro atoms. The molecule has 1 N–H and O–H groups in total. The van der Waals surface area contributed by atoms with Gasteiger partial charge in [-0.3, -0.25) is 4.79 Å². The van der Waals surface area contributed by atoms with Gasteiger partial charge in [-0.2, -0.15) is 0 Å². The molecule has 0 unspecified atom stereocenters. The summed E-state index contributed by atoms with van der Waals surface area (Å²) in [6, 6.07) is 0.304. The average Bonchev–Trinajstić information content (AvgIpc) is 2.28. The molecule has 1 fully saturated rings. The van der Waals surface area contributed by atoms with E-state index in [9.17, 15) is 4.79 Å². The van der Waals surface area contributed by atoms with Crippen molar-refractivity contribution in [2.75, 3.05) is 40.3 Å².